The van der Waals surface area contributed by atoms with E-state index in [1.165, 1.54) is 0 Å². The van der Waals surface area contributed by atoms with Gasteiger partial charge in [0.25, 0.3) is 0 Å². The van der Waals surface area contributed by atoms with Crippen molar-refractivity contribution in [2.45, 2.75) is 52.2 Å². The molecule has 0 aliphatic heterocycles. The second-order valence-corrected chi connectivity index (χ2v) is 6.20. The Kier molecular flexibility index (Phi) is 6.23. The van der Waals surface area contributed by atoms with Crippen LogP contribution in [0.1, 0.15) is 39.2 Å². The number of aryl methyl sites for hydroxylation is 1. The summed E-state index contributed by atoms with van der Waals surface area (Å²) in [6.07, 6.45) is 3.89. The van der Waals surface area contributed by atoms with Crippen LogP contribution in [0.2, 0.25) is 0 Å². The van der Waals surface area contributed by atoms with E-state index in [-0.39, 0.29) is 17.9 Å². The first-order valence-electron chi connectivity index (χ1n) is 6.92. The summed E-state index contributed by atoms with van der Waals surface area (Å²) < 4.78 is 4.93. The average molecular weight is 283 g/mol. The molecule has 0 unspecified atom stereocenters. The molecule has 0 aromatic carbocycles. The number of rotatable bonds is 7. The van der Waals surface area contributed by atoms with Gasteiger partial charge in [0.05, 0.1) is 31.3 Å². The summed E-state index contributed by atoms with van der Waals surface area (Å²) in [6, 6.07) is 1.40. The van der Waals surface area contributed by atoms with Gasteiger partial charge in [-0.3, -0.25) is 4.79 Å². The fourth-order valence-corrected chi connectivity index (χ4v) is 1.79. The van der Waals surface area contributed by atoms with Crippen molar-refractivity contribution in [2.24, 2.45) is 5.41 Å². The predicted molar refractivity (Wildman–Crippen MR) is 76.1 cm³/mol. The van der Waals surface area contributed by atoms with Crippen molar-refractivity contribution in [1.82, 2.24) is 5.32 Å². The molecule has 0 bridgehead atoms. The number of carbonyl (C=O) groups excluding carboxylic acids is 1. The van der Waals surface area contributed by atoms with Crippen molar-refractivity contribution < 1.29 is 19.4 Å². The summed E-state index contributed by atoms with van der Waals surface area (Å²) >= 11 is 0. The van der Waals surface area contributed by atoms with Gasteiger partial charge in [-0.05, 0) is 29.9 Å². The molecule has 0 aliphatic rings. The lowest BCUT2D eigenvalue weighted by Gasteiger charge is -2.29. The Balaban J connectivity index is 2.37. The molecule has 5 heteroatoms. The van der Waals surface area contributed by atoms with Crippen molar-refractivity contribution in [3.05, 3.63) is 24.2 Å². The lowest BCUT2D eigenvalue weighted by Crippen LogP contribution is -2.42. The highest BCUT2D eigenvalue weighted by Crippen LogP contribution is 2.22. The van der Waals surface area contributed by atoms with Gasteiger partial charge in [0.1, 0.15) is 0 Å². The molecule has 3 N–H and O–H groups in total. The highest BCUT2D eigenvalue weighted by Gasteiger charge is 2.25. The molecule has 0 aliphatic carbocycles. The summed E-state index contributed by atoms with van der Waals surface area (Å²) in [5.74, 6) is -0.133. The second-order valence-electron chi connectivity index (χ2n) is 6.20. The van der Waals surface area contributed by atoms with Crippen molar-refractivity contribution in [1.29, 1.82) is 0 Å². The van der Waals surface area contributed by atoms with Gasteiger partial charge in [0.15, 0.2) is 0 Å². The summed E-state index contributed by atoms with van der Waals surface area (Å²) in [5.41, 5.74) is 0.699. The van der Waals surface area contributed by atoms with Crippen LogP contribution >= 0.6 is 0 Å². The molecule has 0 radical (unpaired) electrons. The molecular formula is C15H25NO4. The Bertz CT molecular complexity index is 395. The van der Waals surface area contributed by atoms with Crippen LogP contribution in [0.4, 0.5) is 0 Å². The molecule has 1 aromatic heterocycles. The minimum Gasteiger partial charge on any atom is -0.472 e. The minimum absolute atomic E-state index is 0.133. The quantitative estimate of drug-likeness (QED) is 0.708. The molecule has 1 amide bonds. The molecule has 0 saturated carbocycles. The van der Waals surface area contributed by atoms with Crippen LogP contribution < -0.4 is 5.32 Å². The maximum atomic E-state index is 11.8. The molecule has 0 saturated heterocycles. The van der Waals surface area contributed by atoms with Gasteiger partial charge in [0.2, 0.25) is 5.91 Å². The summed E-state index contributed by atoms with van der Waals surface area (Å²) in [4.78, 5) is 11.8. The molecule has 1 heterocycles. The Morgan fingerprint density at radius 3 is 2.65 bits per heavy atom. The first-order valence-corrected chi connectivity index (χ1v) is 6.92. The number of hydrogen-bond acceptors (Lipinski definition) is 4. The van der Waals surface area contributed by atoms with Gasteiger partial charge in [0, 0.05) is 6.42 Å². The SMILES string of the molecule is CC(C)(C)[C@@H](O)C[C@H](CO)NC(=O)CCc1ccoc1. The maximum absolute atomic E-state index is 11.8. The zero-order valence-electron chi connectivity index (χ0n) is 12.4. The van der Waals surface area contributed by atoms with E-state index in [0.717, 1.165) is 5.56 Å². The van der Waals surface area contributed by atoms with E-state index in [1.54, 1.807) is 12.5 Å². The standard InChI is InChI=1S/C15H25NO4/c1-15(2,3)13(18)8-12(9-17)16-14(19)5-4-11-6-7-20-10-11/h6-7,10,12-13,17-18H,4-5,8-9H2,1-3H3,(H,16,19)/t12-,13+/m1/s1. The Hall–Kier alpha value is -1.33. The van der Waals surface area contributed by atoms with E-state index in [4.69, 9.17) is 4.42 Å². The van der Waals surface area contributed by atoms with Gasteiger partial charge in [-0.1, -0.05) is 20.8 Å². The molecule has 1 aromatic rings. The van der Waals surface area contributed by atoms with Crippen LogP contribution in [0.3, 0.4) is 0 Å². The number of aliphatic hydroxyl groups is 2. The van der Waals surface area contributed by atoms with Crippen LogP contribution in [0.15, 0.2) is 23.0 Å². The lowest BCUT2D eigenvalue weighted by atomic mass is 9.85. The van der Waals surface area contributed by atoms with Crippen LogP contribution in [0.25, 0.3) is 0 Å². The Labute approximate surface area is 120 Å². The normalized spacial score (nSPS) is 14.8. The van der Waals surface area contributed by atoms with Crippen molar-refractivity contribution in [2.75, 3.05) is 6.61 Å². The zero-order chi connectivity index (χ0) is 15.2. The number of hydrogen-bond donors (Lipinski definition) is 3. The van der Waals surface area contributed by atoms with E-state index < -0.39 is 12.1 Å². The molecule has 5 nitrogen and oxygen atoms in total. The van der Waals surface area contributed by atoms with Crippen molar-refractivity contribution >= 4 is 5.91 Å². The van der Waals surface area contributed by atoms with Crippen LogP contribution in [-0.4, -0.2) is 34.9 Å². The van der Waals surface area contributed by atoms with Crippen molar-refractivity contribution in [3.63, 3.8) is 0 Å². The predicted octanol–water partition coefficient (Wildman–Crippen LogP) is 1.49. The Morgan fingerprint density at radius 1 is 1.45 bits per heavy atom. The zero-order valence-corrected chi connectivity index (χ0v) is 12.4. The number of nitrogens with one attached hydrogen (secondary N) is 1. The highest BCUT2D eigenvalue weighted by molar-refractivity contribution is 5.76. The summed E-state index contributed by atoms with van der Waals surface area (Å²) in [6.45, 7) is 5.59. The monoisotopic (exact) mass is 283 g/mol. The molecule has 0 fully saturated rings. The number of amides is 1. The second kappa shape index (κ2) is 7.45. The molecule has 20 heavy (non-hydrogen) atoms. The van der Waals surface area contributed by atoms with Gasteiger partial charge in [-0.15, -0.1) is 0 Å². The molecular weight excluding hydrogens is 258 g/mol. The average Bonchev–Trinajstić information content (AvgIpc) is 2.87. The Morgan fingerprint density at radius 2 is 2.15 bits per heavy atom. The van der Waals surface area contributed by atoms with E-state index in [0.29, 0.717) is 19.3 Å². The number of furan rings is 1. The molecule has 0 spiro atoms. The molecule has 2 atom stereocenters. The smallest absolute Gasteiger partial charge is 0.220 e. The number of carbonyl (C=O) groups is 1. The first kappa shape index (κ1) is 16.7. The van der Waals surface area contributed by atoms with Crippen LogP contribution in [-0.2, 0) is 11.2 Å². The maximum Gasteiger partial charge on any atom is 0.220 e. The van der Waals surface area contributed by atoms with E-state index in [9.17, 15) is 15.0 Å². The number of aliphatic hydroxyl groups excluding tert-OH is 2. The third-order valence-electron chi connectivity index (χ3n) is 3.31. The van der Waals surface area contributed by atoms with Gasteiger partial charge >= 0.3 is 0 Å². The largest absolute Gasteiger partial charge is 0.472 e. The summed E-state index contributed by atoms with van der Waals surface area (Å²) in [5, 5.41) is 22.1. The van der Waals surface area contributed by atoms with Gasteiger partial charge in [-0.25, -0.2) is 0 Å². The molecule has 1 rings (SSSR count). The van der Waals surface area contributed by atoms with Gasteiger partial charge < -0.3 is 19.9 Å². The summed E-state index contributed by atoms with van der Waals surface area (Å²) in [7, 11) is 0. The van der Waals surface area contributed by atoms with Crippen molar-refractivity contribution in [3.8, 4) is 0 Å². The topological polar surface area (TPSA) is 82.7 Å². The first-order chi connectivity index (χ1) is 9.32. The lowest BCUT2D eigenvalue weighted by molar-refractivity contribution is -0.122. The fourth-order valence-electron chi connectivity index (χ4n) is 1.79. The van der Waals surface area contributed by atoms with Crippen LogP contribution in [0, 0.1) is 5.41 Å². The van der Waals surface area contributed by atoms with Crippen LogP contribution in [0.5, 0.6) is 0 Å². The van der Waals surface area contributed by atoms with E-state index >= 15 is 0 Å². The molecule has 114 valence electrons. The van der Waals surface area contributed by atoms with Gasteiger partial charge in [-0.2, -0.15) is 0 Å². The van der Waals surface area contributed by atoms with E-state index in [1.807, 2.05) is 26.8 Å². The third-order valence-corrected chi connectivity index (χ3v) is 3.31. The minimum atomic E-state index is -0.575. The van der Waals surface area contributed by atoms with E-state index in [2.05, 4.69) is 5.32 Å². The third kappa shape index (κ3) is 5.75. The highest BCUT2D eigenvalue weighted by atomic mass is 16.3. The fraction of sp³-hybridized carbons (Fsp3) is 0.667.